The Hall–Kier alpha value is -1.62. The summed E-state index contributed by atoms with van der Waals surface area (Å²) in [6.45, 7) is 3.77. The number of anilines is 1. The quantitative estimate of drug-likeness (QED) is 0.820. The highest BCUT2D eigenvalue weighted by atomic mass is 19.1. The molecule has 1 aromatic carbocycles. The van der Waals surface area contributed by atoms with E-state index in [1.165, 1.54) is 12.1 Å². The van der Waals surface area contributed by atoms with Crippen molar-refractivity contribution in [3.63, 3.8) is 0 Å². The monoisotopic (exact) mass is 255 g/mol. The van der Waals surface area contributed by atoms with Crippen LogP contribution in [0.15, 0.2) is 18.2 Å². The average molecular weight is 255 g/mol. The summed E-state index contributed by atoms with van der Waals surface area (Å²) < 4.78 is 18.5. The molecule has 0 aliphatic rings. The van der Waals surface area contributed by atoms with Crippen LogP contribution >= 0.6 is 0 Å². The van der Waals surface area contributed by atoms with Crippen LogP contribution in [0.5, 0.6) is 5.75 Å². The van der Waals surface area contributed by atoms with Crippen molar-refractivity contribution in [2.24, 2.45) is 0 Å². The predicted octanol–water partition coefficient (Wildman–Crippen LogP) is 2.32. The molecule has 0 fully saturated rings. The Morgan fingerprint density at radius 3 is 2.83 bits per heavy atom. The second-order valence-electron chi connectivity index (χ2n) is 4.01. The van der Waals surface area contributed by atoms with E-state index < -0.39 is 11.9 Å². The molecule has 1 amide bonds. The normalized spacial score (nSPS) is 12.0. The minimum absolute atomic E-state index is 0.166. The van der Waals surface area contributed by atoms with Crippen LogP contribution in [-0.4, -0.2) is 23.7 Å². The van der Waals surface area contributed by atoms with E-state index in [1.807, 2.05) is 0 Å². The minimum atomic E-state index is -0.521. The number of carbonyl (C=O) groups excluding carboxylic acids is 1. The van der Waals surface area contributed by atoms with E-state index >= 15 is 0 Å². The molecular weight excluding hydrogens is 237 g/mol. The largest absolute Gasteiger partial charge is 0.491 e. The Kier molecular flexibility index (Phi) is 5.58. The number of carbonyl (C=O) groups is 1. The number of hydrogen-bond donors (Lipinski definition) is 2. The molecule has 1 rings (SSSR count). The van der Waals surface area contributed by atoms with Crippen LogP contribution in [0.25, 0.3) is 0 Å². The van der Waals surface area contributed by atoms with E-state index in [9.17, 15) is 9.18 Å². The summed E-state index contributed by atoms with van der Waals surface area (Å²) in [5, 5.41) is 11.6. The van der Waals surface area contributed by atoms with Gasteiger partial charge in [-0.1, -0.05) is 0 Å². The highest BCUT2D eigenvalue weighted by Crippen LogP contribution is 2.21. The molecular formula is C13H18FNO3. The van der Waals surface area contributed by atoms with Crippen molar-refractivity contribution in [3.05, 3.63) is 24.0 Å². The molecule has 1 unspecified atom stereocenters. The average Bonchev–Trinajstić information content (AvgIpc) is 2.30. The van der Waals surface area contributed by atoms with E-state index in [2.05, 4.69) is 5.32 Å². The van der Waals surface area contributed by atoms with E-state index in [1.54, 1.807) is 19.9 Å². The molecule has 0 aliphatic heterocycles. The number of hydrogen-bond acceptors (Lipinski definition) is 3. The van der Waals surface area contributed by atoms with Gasteiger partial charge in [-0.3, -0.25) is 4.79 Å². The first-order valence-corrected chi connectivity index (χ1v) is 5.93. The highest BCUT2D eigenvalue weighted by Gasteiger charge is 2.08. The molecule has 0 spiro atoms. The minimum Gasteiger partial charge on any atom is -0.491 e. The Labute approximate surface area is 106 Å². The van der Waals surface area contributed by atoms with Crippen molar-refractivity contribution in [2.75, 3.05) is 11.9 Å². The molecule has 0 saturated carbocycles. The number of aliphatic hydroxyl groups excluding tert-OH is 1. The van der Waals surface area contributed by atoms with Crippen molar-refractivity contribution in [3.8, 4) is 5.75 Å². The van der Waals surface area contributed by atoms with Gasteiger partial charge in [-0.05, 0) is 32.4 Å². The molecule has 1 aromatic rings. The lowest BCUT2D eigenvalue weighted by Crippen LogP contribution is -2.14. The standard InChI is InChI=1S/C13H18FNO3/c1-3-18-12-6-5-10(8-11(12)14)15-13(17)7-4-9(2)16/h5-6,8-9,16H,3-4,7H2,1-2H3,(H,15,17). The van der Waals surface area contributed by atoms with E-state index in [0.717, 1.165) is 0 Å². The van der Waals surface area contributed by atoms with Gasteiger partial charge in [0, 0.05) is 18.2 Å². The summed E-state index contributed by atoms with van der Waals surface area (Å²) in [5.74, 6) is -0.593. The van der Waals surface area contributed by atoms with Crippen LogP contribution in [0, 0.1) is 5.82 Å². The first-order chi connectivity index (χ1) is 8.52. The summed E-state index contributed by atoms with van der Waals surface area (Å²) in [7, 11) is 0. The van der Waals surface area contributed by atoms with Crippen molar-refractivity contribution in [1.29, 1.82) is 0 Å². The van der Waals surface area contributed by atoms with Gasteiger partial charge in [0.25, 0.3) is 0 Å². The zero-order valence-electron chi connectivity index (χ0n) is 10.6. The maximum Gasteiger partial charge on any atom is 0.224 e. The van der Waals surface area contributed by atoms with Gasteiger partial charge in [-0.15, -0.1) is 0 Å². The fourth-order valence-electron chi connectivity index (χ4n) is 1.41. The zero-order chi connectivity index (χ0) is 13.5. The number of ether oxygens (including phenoxy) is 1. The molecule has 0 saturated heterocycles. The van der Waals surface area contributed by atoms with Crippen LogP contribution in [0.1, 0.15) is 26.7 Å². The lowest BCUT2D eigenvalue weighted by molar-refractivity contribution is -0.116. The third-order valence-electron chi connectivity index (χ3n) is 2.30. The summed E-state index contributed by atoms with van der Waals surface area (Å²) in [5.41, 5.74) is 0.381. The Bertz CT molecular complexity index is 407. The summed E-state index contributed by atoms with van der Waals surface area (Å²) in [4.78, 5) is 11.5. The van der Waals surface area contributed by atoms with Crippen LogP contribution < -0.4 is 10.1 Å². The van der Waals surface area contributed by atoms with E-state index in [-0.39, 0.29) is 18.1 Å². The molecule has 18 heavy (non-hydrogen) atoms. The fourth-order valence-corrected chi connectivity index (χ4v) is 1.41. The van der Waals surface area contributed by atoms with E-state index in [0.29, 0.717) is 18.7 Å². The topological polar surface area (TPSA) is 58.6 Å². The van der Waals surface area contributed by atoms with Crippen LogP contribution in [0.4, 0.5) is 10.1 Å². The Morgan fingerprint density at radius 1 is 1.56 bits per heavy atom. The van der Waals surface area contributed by atoms with Gasteiger partial charge >= 0.3 is 0 Å². The third kappa shape index (κ3) is 4.71. The maximum absolute atomic E-state index is 13.5. The van der Waals surface area contributed by atoms with Crippen LogP contribution in [0.2, 0.25) is 0 Å². The van der Waals surface area contributed by atoms with Gasteiger partial charge in [0.15, 0.2) is 11.6 Å². The maximum atomic E-state index is 13.5. The van der Waals surface area contributed by atoms with Gasteiger partial charge < -0.3 is 15.2 Å². The van der Waals surface area contributed by atoms with Gasteiger partial charge in [0.2, 0.25) is 5.91 Å². The molecule has 5 heteroatoms. The lowest BCUT2D eigenvalue weighted by Gasteiger charge is -2.09. The number of nitrogens with one attached hydrogen (secondary N) is 1. The molecule has 0 radical (unpaired) electrons. The third-order valence-corrected chi connectivity index (χ3v) is 2.30. The van der Waals surface area contributed by atoms with Gasteiger partial charge in [-0.2, -0.15) is 0 Å². The molecule has 0 bridgehead atoms. The van der Waals surface area contributed by atoms with Crippen LogP contribution in [-0.2, 0) is 4.79 Å². The number of halogens is 1. The second kappa shape index (κ2) is 6.96. The molecule has 0 heterocycles. The van der Waals surface area contributed by atoms with Crippen molar-refractivity contribution < 1.29 is 19.0 Å². The van der Waals surface area contributed by atoms with Gasteiger partial charge in [-0.25, -0.2) is 4.39 Å². The summed E-state index contributed by atoms with van der Waals surface area (Å²) in [6.07, 6.45) is 0.0607. The van der Waals surface area contributed by atoms with Crippen molar-refractivity contribution >= 4 is 11.6 Å². The molecule has 2 N–H and O–H groups in total. The van der Waals surface area contributed by atoms with Crippen molar-refractivity contribution in [2.45, 2.75) is 32.8 Å². The number of rotatable bonds is 6. The number of aliphatic hydroxyl groups is 1. The first-order valence-electron chi connectivity index (χ1n) is 5.93. The zero-order valence-corrected chi connectivity index (χ0v) is 10.6. The van der Waals surface area contributed by atoms with Gasteiger partial charge in [0.05, 0.1) is 12.7 Å². The predicted molar refractivity (Wildman–Crippen MR) is 67.1 cm³/mol. The molecule has 1 atom stereocenters. The number of amides is 1. The molecule has 0 aromatic heterocycles. The molecule has 0 aliphatic carbocycles. The second-order valence-corrected chi connectivity index (χ2v) is 4.01. The van der Waals surface area contributed by atoms with E-state index in [4.69, 9.17) is 9.84 Å². The fraction of sp³-hybridized carbons (Fsp3) is 0.462. The molecule has 100 valence electrons. The summed E-state index contributed by atoms with van der Waals surface area (Å²) >= 11 is 0. The smallest absolute Gasteiger partial charge is 0.224 e. The number of benzene rings is 1. The molecule has 4 nitrogen and oxygen atoms in total. The van der Waals surface area contributed by atoms with Gasteiger partial charge in [0.1, 0.15) is 0 Å². The van der Waals surface area contributed by atoms with Crippen LogP contribution in [0.3, 0.4) is 0 Å². The summed E-state index contributed by atoms with van der Waals surface area (Å²) in [6, 6.07) is 4.27. The SMILES string of the molecule is CCOc1ccc(NC(=O)CCC(C)O)cc1F. The highest BCUT2D eigenvalue weighted by molar-refractivity contribution is 5.90. The van der Waals surface area contributed by atoms with Crippen molar-refractivity contribution in [1.82, 2.24) is 0 Å². The first kappa shape index (κ1) is 14.4. The Balaban J connectivity index is 2.57. The lowest BCUT2D eigenvalue weighted by atomic mass is 10.2. The Morgan fingerprint density at radius 2 is 2.28 bits per heavy atom.